The van der Waals surface area contributed by atoms with E-state index in [1.165, 1.54) is 17.0 Å². The largest absolute Gasteiger partial charge is 0.507 e. The molecule has 1 amide bonds. The Bertz CT molecular complexity index is 985. The third-order valence-corrected chi connectivity index (χ3v) is 5.18. The maximum absolute atomic E-state index is 14.7. The summed E-state index contributed by atoms with van der Waals surface area (Å²) in [5.74, 6) is -1.80. The van der Waals surface area contributed by atoms with E-state index in [0.29, 0.717) is 30.9 Å². The summed E-state index contributed by atoms with van der Waals surface area (Å²) in [6, 6.07) is 11.6. The molecule has 6 nitrogen and oxygen atoms in total. The van der Waals surface area contributed by atoms with Crippen molar-refractivity contribution < 1.29 is 23.8 Å². The van der Waals surface area contributed by atoms with Gasteiger partial charge in [0.1, 0.15) is 17.3 Å². The summed E-state index contributed by atoms with van der Waals surface area (Å²) in [6.07, 6.45) is 0.605. The normalized spacial score (nSPS) is 18.1. The molecule has 0 saturated carbocycles. The molecule has 1 heterocycles. The molecule has 0 aromatic heterocycles. The number of amides is 1. The fraction of sp³-hybridized carbons (Fsp3) is 0.333. The zero-order valence-electron chi connectivity index (χ0n) is 18.0. The average molecular weight is 426 g/mol. The molecule has 1 aliphatic rings. The Morgan fingerprint density at radius 3 is 2.42 bits per heavy atom. The predicted octanol–water partition coefficient (Wildman–Crippen LogP) is 3.60. The van der Waals surface area contributed by atoms with E-state index in [0.717, 1.165) is 0 Å². The number of benzene rings is 2. The number of aliphatic hydroxyl groups excluding tert-OH is 1. The lowest BCUT2D eigenvalue weighted by Crippen LogP contribution is -2.32. The smallest absolute Gasteiger partial charge is 0.295 e. The van der Waals surface area contributed by atoms with Crippen LogP contribution in [0.4, 0.5) is 4.39 Å². The van der Waals surface area contributed by atoms with Crippen LogP contribution in [0.3, 0.4) is 0 Å². The number of carbonyl (C=O) groups excluding carboxylic acids is 2. The van der Waals surface area contributed by atoms with Gasteiger partial charge in [0.05, 0.1) is 18.2 Å². The lowest BCUT2D eigenvalue weighted by atomic mass is 9.95. The third-order valence-electron chi connectivity index (χ3n) is 5.18. The summed E-state index contributed by atoms with van der Waals surface area (Å²) < 4.78 is 20.1. The van der Waals surface area contributed by atoms with Crippen LogP contribution in [0.5, 0.6) is 5.75 Å². The van der Waals surface area contributed by atoms with Crippen molar-refractivity contribution in [3.8, 4) is 5.75 Å². The quantitative estimate of drug-likeness (QED) is 0.397. The van der Waals surface area contributed by atoms with E-state index in [-0.39, 0.29) is 23.4 Å². The zero-order valence-corrected chi connectivity index (χ0v) is 18.0. The van der Waals surface area contributed by atoms with Gasteiger partial charge in [0.25, 0.3) is 11.7 Å². The summed E-state index contributed by atoms with van der Waals surface area (Å²) in [6.45, 7) is 3.32. The highest BCUT2D eigenvalue weighted by atomic mass is 19.1. The SMILES string of the molecule is CCOc1ccc(/C(O)=C2\C(=O)C(=O)N(CCCN(C)C)C2c2ccccc2F)cc1. The Kier molecular flexibility index (Phi) is 7.07. The first-order chi connectivity index (χ1) is 14.8. The molecule has 0 spiro atoms. The minimum absolute atomic E-state index is 0.107. The van der Waals surface area contributed by atoms with Crippen molar-refractivity contribution in [2.24, 2.45) is 0 Å². The molecule has 31 heavy (non-hydrogen) atoms. The number of Topliss-reactive ketones (excluding diaryl/α,β-unsaturated/α-hetero) is 1. The number of hydrogen-bond acceptors (Lipinski definition) is 5. The van der Waals surface area contributed by atoms with Crippen LogP contribution in [0.25, 0.3) is 5.76 Å². The molecule has 164 valence electrons. The van der Waals surface area contributed by atoms with Gasteiger partial charge in [0, 0.05) is 17.7 Å². The molecular formula is C24H27FN2O4. The number of likely N-dealkylation sites (tertiary alicyclic amines) is 1. The van der Waals surface area contributed by atoms with Gasteiger partial charge in [-0.15, -0.1) is 0 Å². The van der Waals surface area contributed by atoms with Crippen molar-refractivity contribution in [3.05, 3.63) is 71.0 Å². The van der Waals surface area contributed by atoms with Gasteiger partial charge in [0.2, 0.25) is 0 Å². The van der Waals surface area contributed by atoms with Crippen LogP contribution in [0.2, 0.25) is 0 Å². The van der Waals surface area contributed by atoms with Crippen molar-refractivity contribution in [2.75, 3.05) is 33.8 Å². The second kappa shape index (κ2) is 9.75. The predicted molar refractivity (Wildman–Crippen MR) is 116 cm³/mol. The molecule has 1 unspecified atom stereocenters. The van der Waals surface area contributed by atoms with E-state index >= 15 is 0 Å². The van der Waals surface area contributed by atoms with Crippen LogP contribution in [-0.4, -0.2) is 60.4 Å². The van der Waals surface area contributed by atoms with Crippen LogP contribution >= 0.6 is 0 Å². The highest BCUT2D eigenvalue weighted by Gasteiger charge is 2.46. The lowest BCUT2D eigenvalue weighted by Gasteiger charge is -2.26. The molecule has 3 rings (SSSR count). The van der Waals surface area contributed by atoms with Crippen molar-refractivity contribution in [2.45, 2.75) is 19.4 Å². The van der Waals surface area contributed by atoms with Gasteiger partial charge in [-0.1, -0.05) is 18.2 Å². The molecule has 2 aromatic rings. The molecule has 2 aromatic carbocycles. The van der Waals surface area contributed by atoms with Gasteiger partial charge < -0.3 is 19.6 Å². The van der Waals surface area contributed by atoms with Crippen molar-refractivity contribution in [3.63, 3.8) is 0 Å². The molecule has 1 aliphatic heterocycles. The second-order valence-corrected chi connectivity index (χ2v) is 7.63. The Hall–Kier alpha value is -3.19. The zero-order chi connectivity index (χ0) is 22.5. The highest BCUT2D eigenvalue weighted by molar-refractivity contribution is 6.46. The maximum atomic E-state index is 14.7. The Labute approximate surface area is 181 Å². The fourth-order valence-corrected chi connectivity index (χ4v) is 3.72. The Morgan fingerprint density at radius 2 is 1.81 bits per heavy atom. The number of aliphatic hydroxyl groups is 1. The van der Waals surface area contributed by atoms with E-state index in [9.17, 15) is 19.1 Å². The molecule has 1 N–H and O–H groups in total. The summed E-state index contributed by atoms with van der Waals surface area (Å²) in [4.78, 5) is 29.1. The average Bonchev–Trinajstić information content (AvgIpc) is 2.99. The van der Waals surface area contributed by atoms with E-state index in [2.05, 4.69) is 0 Å². The molecule has 1 saturated heterocycles. The first-order valence-corrected chi connectivity index (χ1v) is 10.3. The summed E-state index contributed by atoms with van der Waals surface area (Å²) in [5.41, 5.74) is 0.430. The maximum Gasteiger partial charge on any atom is 0.295 e. The molecular weight excluding hydrogens is 399 g/mol. The number of hydrogen-bond donors (Lipinski definition) is 1. The summed E-state index contributed by atoms with van der Waals surface area (Å²) >= 11 is 0. The Morgan fingerprint density at radius 1 is 1.13 bits per heavy atom. The molecule has 1 atom stereocenters. The minimum Gasteiger partial charge on any atom is -0.507 e. The van der Waals surface area contributed by atoms with Crippen molar-refractivity contribution >= 4 is 17.4 Å². The van der Waals surface area contributed by atoms with Crippen LogP contribution in [0.1, 0.15) is 30.5 Å². The number of ketones is 1. The molecule has 1 fully saturated rings. The van der Waals surface area contributed by atoms with Crippen LogP contribution in [0, 0.1) is 5.82 Å². The van der Waals surface area contributed by atoms with Crippen LogP contribution in [-0.2, 0) is 9.59 Å². The van der Waals surface area contributed by atoms with Gasteiger partial charge in [-0.25, -0.2) is 4.39 Å². The van der Waals surface area contributed by atoms with Crippen molar-refractivity contribution in [1.29, 1.82) is 0 Å². The highest BCUT2D eigenvalue weighted by Crippen LogP contribution is 2.40. The van der Waals surface area contributed by atoms with Crippen LogP contribution in [0.15, 0.2) is 54.1 Å². The number of nitrogens with zero attached hydrogens (tertiary/aromatic N) is 2. The van der Waals surface area contributed by atoms with E-state index in [4.69, 9.17) is 4.74 Å². The second-order valence-electron chi connectivity index (χ2n) is 7.63. The van der Waals surface area contributed by atoms with Crippen molar-refractivity contribution in [1.82, 2.24) is 9.80 Å². The Balaban J connectivity index is 2.07. The first kappa shape index (κ1) is 22.5. The molecule has 0 aliphatic carbocycles. The standard InChI is InChI=1S/C24H27FN2O4/c1-4-31-17-12-10-16(11-13-17)22(28)20-21(18-8-5-6-9-19(18)25)27(24(30)23(20)29)15-7-14-26(2)3/h5-6,8-13,21,28H,4,7,14-15H2,1-3H3/b22-20+. The van der Waals surface area contributed by atoms with E-state index < -0.39 is 23.5 Å². The van der Waals surface area contributed by atoms with Gasteiger partial charge in [-0.3, -0.25) is 9.59 Å². The number of halogens is 1. The monoisotopic (exact) mass is 426 g/mol. The van der Waals surface area contributed by atoms with Gasteiger partial charge in [-0.2, -0.15) is 0 Å². The fourth-order valence-electron chi connectivity index (χ4n) is 3.72. The number of rotatable bonds is 8. The lowest BCUT2D eigenvalue weighted by molar-refractivity contribution is -0.140. The van der Waals surface area contributed by atoms with E-state index in [1.807, 2.05) is 25.9 Å². The van der Waals surface area contributed by atoms with E-state index in [1.54, 1.807) is 36.4 Å². The number of ether oxygens (including phenoxy) is 1. The number of carbonyl (C=O) groups is 2. The first-order valence-electron chi connectivity index (χ1n) is 10.3. The third kappa shape index (κ3) is 4.77. The van der Waals surface area contributed by atoms with Gasteiger partial charge >= 0.3 is 0 Å². The molecule has 7 heteroatoms. The topological polar surface area (TPSA) is 70.1 Å². The van der Waals surface area contributed by atoms with Gasteiger partial charge in [0.15, 0.2) is 0 Å². The molecule has 0 bridgehead atoms. The summed E-state index contributed by atoms with van der Waals surface area (Å²) in [7, 11) is 3.82. The summed E-state index contributed by atoms with van der Waals surface area (Å²) in [5, 5.41) is 11.0. The molecule has 0 radical (unpaired) electrons. The van der Waals surface area contributed by atoms with Gasteiger partial charge in [-0.05, 0) is 64.3 Å². The minimum atomic E-state index is -0.991. The van der Waals surface area contributed by atoms with Crippen LogP contribution < -0.4 is 4.74 Å².